The number of morpholine rings is 1. The van der Waals surface area contributed by atoms with Crippen molar-refractivity contribution < 1.29 is 9.84 Å². The number of ether oxygens (including phenoxy) is 1. The molecule has 1 aromatic rings. The van der Waals surface area contributed by atoms with Gasteiger partial charge in [0, 0.05) is 37.3 Å². The molecule has 6 heteroatoms. The molecule has 0 atom stereocenters. The summed E-state index contributed by atoms with van der Waals surface area (Å²) >= 11 is 1.72. The Morgan fingerprint density at radius 2 is 2.10 bits per heavy atom. The topological polar surface area (TPSA) is 57.6 Å². The fourth-order valence-electron chi connectivity index (χ4n) is 2.20. The van der Waals surface area contributed by atoms with E-state index in [1.807, 2.05) is 20.0 Å². The van der Waals surface area contributed by atoms with Gasteiger partial charge in [-0.3, -0.25) is 0 Å². The minimum atomic E-state index is -0.586. The van der Waals surface area contributed by atoms with Gasteiger partial charge in [0.2, 0.25) is 0 Å². The van der Waals surface area contributed by atoms with E-state index < -0.39 is 5.60 Å². The monoisotopic (exact) mass is 299 g/mol. The fourth-order valence-corrected chi connectivity index (χ4v) is 3.13. The van der Waals surface area contributed by atoms with E-state index >= 15 is 0 Å². The van der Waals surface area contributed by atoms with Crippen molar-refractivity contribution in [1.29, 1.82) is 0 Å². The van der Waals surface area contributed by atoms with E-state index in [4.69, 9.17) is 4.74 Å². The predicted molar refractivity (Wildman–Crippen MR) is 82.4 cm³/mol. The summed E-state index contributed by atoms with van der Waals surface area (Å²) < 4.78 is 5.35. The molecule has 1 aliphatic rings. The lowest BCUT2D eigenvalue weighted by Gasteiger charge is -2.26. The molecule has 0 amide bonds. The average Bonchev–Trinajstić information content (AvgIpc) is 2.97. The Hall–Kier alpha value is -0.690. The first-order valence-corrected chi connectivity index (χ1v) is 8.19. The summed E-state index contributed by atoms with van der Waals surface area (Å²) in [5, 5.41) is 14.6. The molecular weight excluding hydrogens is 274 g/mol. The Morgan fingerprint density at radius 1 is 1.40 bits per heavy atom. The van der Waals surface area contributed by atoms with Crippen molar-refractivity contribution in [2.75, 3.05) is 37.7 Å². The third-order valence-corrected chi connectivity index (χ3v) is 4.95. The normalized spacial score (nSPS) is 16.6. The second-order valence-corrected chi connectivity index (χ2v) is 6.34. The van der Waals surface area contributed by atoms with Gasteiger partial charge in [0.15, 0.2) is 5.13 Å². The third-order valence-electron chi connectivity index (χ3n) is 3.89. The first-order valence-electron chi connectivity index (χ1n) is 7.37. The number of nitrogens with one attached hydrogen (secondary N) is 1. The van der Waals surface area contributed by atoms with Crippen LogP contribution >= 0.6 is 11.3 Å². The lowest BCUT2D eigenvalue weighted by atomic mass is 9.98. The van der Waals surface area contributed by atoms with Crippen LogP contribution in [0, 0.1) is 0 Å². The number of aliphatic hydroxyl groups is 1. The van der Waals surface area contributed by atoms with Crippen LogP contribution in [0.4, 0.5) is 5.13 Å². The van der Waals surface area contributed by atoms with Gasteiger partial charge >= 0.3 is 0 Å². The van der Waals surface area contributed by atoms with Crippen LogP contribution in [0.1, 0.15) is 31.6 Å². The van der Waals surface area contributed by atoms with E-state index in [-0.39, 0.29) is 0 Å². The van der Waals surface area contributed by atoms with E-state index in [9.17, 15) is 5.11 Å². The molecule has 0 bridgehead atoms. The van der Waals surface area contributed by atoms with Crippen molar-refractivity contribution in [2.24, 2.45) is 0 Å². The molecule has 114 valence electrons. The van der Waals surface area contributed by atoms with Crippen LogP contribution in [0.25, 0.3) is 0 Å². The zero-order valence-corrected chi connectivity index (χ0v) is 13.2. The zero-order chi connectivity index (χ0) is 14.4. The van der Waals surface area contributed by atoms with Crippen molar-refractivity contribution in [3.8, 4) is 0 Å². The van der Waals surface area contributed by atoms with Gasteiger partial charge in [-0.1, -0.05) is 13.8 Å². The molecule has 5 nitrogen and oxygen atoms in total. The van der Waals surface area contributed by atoms with Gasteiger partial charge in [-0.15, -0.1) is 11.3 Å². The average molecular weight is 299 g/mol. The molecule has 1 aromatic heterocycles. The Bertz CT molecular complexity index is 401. The predicted octanol–water partition coefficient (Wildman–Crippen LogP) is 1.62. The molecule has 20 heavy (non-hydrogen) atoms. The molecule has 2 heterocycles. The van der Waals surface area contributed by atoms with Crippen LogP contribution in [0.5, 0.6) is 0 Å². The highest BCUT2D eigenvalue weighted by Gasteiger charge is 2.21. The molecule has 0 aliphatic carbocycles. The van der Waals surface area contributed by atoms with E-state index in [2.05, 4.69) is 15.2 Å². The molecule has 1 fully saturated rings. The molecule has 1 aliphatic heterocycles. The zero-order valence-electron chi connectivity index (χ0n) is 12.4. The van der Waals surface area contributed by atoms with E-state index in [0.717, 1.165) is 50.8 Å². The maximum Gasteiger partial charge on any atom is 0.185 e. The minimum absolute atomic E-state index is 0.586. The van der Waals surface area contributed by atoms with E-state index in [1.54, 1.807) is 11.3 Å². The summed E-state index contributed by atoms with van der Waals surface area (Å²) in [6.45, 7) is 8.86. The van der Waals surface area contributed by atoms with Gasteiger partial charge < -0.3 is 20.1 Å². The van der Waals surface area contributed by atoms with Gasteiger partial charge in [0.05, 0.1) is 18.8 Å². The van der Waals surface area contributed by atoms with Crippen LogP contribution in [0.15, 0.2) is 6.20 Å². The van der Waals surface area contributed by atoms with Gasteiger partial charge in [-0.05, 0) is 12.8 Å². The number of anilines is 1. The van der Waals surface area contributed by atoms with Crippen LogP contribution in [-0.4, -0.2) is 48.5 Å². The Morgan fingerprint density at radius 3 is 2.75 bits per heavy atom. The molecule has 0 aromatic carbocycles. The largest absolute Gasteiger partial charge is 0.389 e. The first-order chi connectivity index (χ1) is 9.67. The maximum atomic E-state index is 10.2. The number of aromatic nitrogens is 1. The summed E-state index contributed by atoms with van der Waals surface area (Å²) in [7, 11) is 0. The molecular formula is C14H25N3O2S. The standard InChI is InChI=1S/C14H25N3O2S/c1-3-14(18,4-2)11-15-9-12-10-16-13(20-12)17-5-7-19-8-6-17/h10,15,18H,3-9,11H2,1-2H3. The highest BCUT2D eigenvalue weighted by Crippen LogP contribution is 2.23. The summed E-state index contributed by atoms with van der Waals surface area (Å²) in [4.78, 5) is 7.96. The molecule has 0 saturated carbocycles. The first kappa shape index (κ1) is 15.7. The van der Waals surface area contributed by atoms with Gasteiger partial charge in [-0.25, -0.2) is 4.98 Å². The Labute approximate surface area is 125 Å². The van der Waals surface area contributed by atoms with Gasteiger partial charge in [-0.2, -0.15) is 0 Å². The van der Waals surface area contributed by atoms with E-state index in [0.29, 0.717) is 6.54 Å². The van der Waals surface area contributed by atoms with Crippen molar-refractivity contribution in [1.82, 2.24) is 10.3 Å². The highest BCUT2D eigenvalue weighted by molar-refractivity contribution is 7.15. The number of hydrogen-bond donors (Lipinski definition) is 2. The SMILES string of the molecule is CCC(O)(CC)CNCc1cnc(N2CCOCC2)s1. The van der Waals surface area contributed by atoms with Crippen LogP contribution < -0.4 is 10.2 Å². The van der Waals surface area contributed by atoms with Gasteiger partial charge in [0.25, 0.3) is 0 Å². The fraction of sp³-hybridized carbons (Fsp3) is 0.786. The lowest BCUT2D eigenvalue weighted by Crippen LogP contribution is -2.39. The highest BCUT2D eigenvalue weighted by atomic mass is 32.1. The number of rotatable bonds is 7. The van der Waals surface area contributed by atoms with Crippen molar-refractivity contribution in [2.45, 2.75) is 38.8 Å². The molecule has 0 spiro atoms. The van der Waals surface area contributed by atoms with Crippen molar-refractivity contribution in [3.63, 3.8) is 0 Å². The van der Waals surface area contributed by atoms with Gasteiger partial charge in [0.1, 0.15) is 0 Å². The molecule has 1 saturated heterocycles. The van der Waals surface area contributed by atoms with Crippen molar-refractivity contribution in [3.05, 3.63) is 11.1 Å². The maximum absolute atomic E-state index is 10.2. The Kier molecular flexibility index (Phi) is 5.77. The lowest BCUT2D eigenvalue weighted by molar-refractivity contribution is 0.0323. The second-order valence-electron chi connectivity index (χ2n) is 5.24. The summed E-state index contributed by atoms with van der Waals surface area (Å²) in [5.41, 5.74) is -0.586. The minimum Gasteiger partial charge on any atom is -0.389 e. The number of thiazole rings is 1. The smallest absolute Gasteiger partial charge is 0.185 e. The quantitative estimate of drug-likeness (QED) is 0.801. The molecule has 2 rings (SSSR count). The number of nitrogens with zero attached hydrogens (tertiary/aromatic N) is 2. The second kappa shape index (κ2) is 7.36. The molecule has 0 radical (unpaired) electrons. The summed E-state index contributed by atoms with van der Waals surface area (Å²) in [6.07, 6.45) is 3.48. The summed E-state index contributed by atoms with van der Waals surface area (Å²) in [5.74, 6) is 0. The number of hydrogen-bond acceptors (Lipinski definition) is 6. The van der Waals surface area contributed by atoms with E-state index in [1.165, 1.54) is 4.88 Å². The van der Waals surface area contributed by atoms with Crippen LogP contribution in [-0.2, 0) is 11.3 Å². The third kappa shape index (κ3) is 4.15. The summed E-state index contributed by atoms with van der Waals surface area (Å²) in [6, 6.07) is 0. The van der Waals surface area contributed by atoms with Crippen molar-refractivity contribution >= 4 is 16.5 Å². The van der Waals surface area contributed by atoms with Crippen LogP contribution in [0.2, 0.25) is 0 Å². The Balaban J connectivity index is 1.80. The van der Waals surface area contributed by atoms with Crippen LogP contribution in [0.3, 0.4) is 0 Å². The molecule has 0 unspecified atom stereocenters. The molecule has 2 N–H and O–H groups in total.